The minimum atomic E-state index is -0.307. The number of hydrogen-bond acceptors (Lipinski definition) is 3. The largest absolute Gasteiger partial charge is 0.370 e. The number of hydrogen-bond donors (Lipinski definition) is 1. The topological polar surface area (TPSA) is 37.8 Å². The molecule has 0 aliphatic heterocycles. The first-order valence-electron chi connectivity index (χ1n) is 5.65. The summed E-state index contributed by atoms with van der Waals surface area (Å²) in [6.45, 7) is 4.54. The fourth-order valence-electron chi connectivity index (χ4n) is 1.68. The van der Waals surface area contributed by atoms with Crippen LogP contribution in [0.25, 0.3) is 11.3 Å². The minimum Gasteiger partial charge on any atom is -0.370 e. The van der Waals surface area contributed by atoms with E-state index in [-0.39, 0.29) is 5.82 Å². The maximum atomic E-state index is 14.0. The van der Waals surface area contributed by atoms with Gasteiger partial charge < -0.3 is 5.32 Å². The van der Waals surface area contributed by atoms with E-state index in [0.717, 1.165) is 6.54 Å². The Morgan fingerprint density at radius 2 is 2.11 bits per heavy atom. The summed E-state index contributed by atoms with van der Waals surface area (Å²) < 4.78 is 14.4. The molecule has 0 unspecified atom stereocenters. The molecule has 0 aliphatic carbocycles. The van der Waals surface area contributed by atoms with E-state index in [1.807, 2.05) is 6.92 Å². The Labute approximate surface area is 114 Å². The Hall–Kier alpha value is -1.49. The van der Waals surface area contributed by atoms with Crippen LogP contribution in [0.15, 0.2) is 28.7 Å². The maximum Gasteiger partial charge on any atom is 0.146 e. The third kappa shape index (κ3) is 2.67. The Bertz CT molecular complexity index is 572. The SMILES string of the molecule is CCNc1cc(-c2cccc(Br)c2F)nc(C)n1. The zero-order chi connectivity index (χ0) is 13.1. The van der Waals surface area contributed by atoms with Gasteiger partial charge in [-0.1, -0.05) is 6.07 Å². The Kier molecular flexibility index (Phi) is 3.91. The van der Waals surface area contributed by atoms with E-state index in [0.29, 0.717) is 27.4 Å². The van der Waals surface area contributed by atoms with Crippen molar-refractivity contribution in [2.45, 2.75) is 13.8 Å². The van der Waals surface area contributed by atoms with Crippen LogP contribution < -0.4 is 5.32 Å². The Balaban J connectivity index is 2.53. The summed E-state index contributed by atoms with van der Waals surface area (Å²) in [7, 11) is 0. The van der Waals surface area contributed by atoms with Crippen LogP contribution in [0.4, 0.5) is 10.2 Å². The Morgan fingerprint density at radius 3 is 2.83 bits per heavy atom. The van der Waals surface area contributed by atoms with E-state index in [1.54, 1.807) is 31.2 Å². The molecule has 2 rings (SSSR count). The summed E-state index contributed by atoms with van der Waals surface area (Å²) >= 11 is 3.18. The van der Waals surface area contributed by atoms with Crippen LogP contribution in [0.1, 0.15) is 12.7 Å². The fourth-order valence-corrected chi connectivity index (χ4v) is 2.05. The molecular weight excluding hydrogens is 297 g/mol. The quantitative estimate of drug-likeness (QED) is 0.937. The van der Waals surface area contributed by atoms with Gasteiger partial charge in [0, 0.05) is 18.2 Å². The van der Waals surface area contributed by atoms with Crippen LogP contribution in [0.3, 0.4) is 0 Å². The molecule has 0 amide bonds. The van der Waals surface area contributed by atoms with E-state index in [1.165, 1.54) is 0 Å². The first-order valence-corrected chi connectivity index (χ1v) is 6.45. The van der Waals surface area contributed by atoms with Gasteiger partial charge in [0.1, 0.15) is 17.5 Å². The van der Waals surface area contributed by atoms with Crippen LogP contribution >= 0.6 is 15.9 Å². The van der Waals surface area contributed by atoms with Crippen LogP contribution in [-0.4, -0.2) is 16.5 Å². The van der Waals surface area contributed by atoms with Crippen LogP contribution in [0.5, 0.6) is 0 Å². The molecule has 94 valence electrons. The van der Waals surface area contributed by atoms with Crippen molar-refractivity contribution in [3.63, 3.8) is 0 Å². The zero-order valence-corrected chi connectivity index (χ0v) is 11.8. The lowest BCUT2D eigenvalue weighted by atomic mass is 10.1. The molecule has 0 fully saturated rings. The number of aromatic nitrogens is 2. The summed E-state index contributed by atoms with van der Waals surface area (Å²) in [6, 6.07) is 6.91. The summed E-state index contributed by atoms with van der Waals surface area (Å²) in [5.41, 5.74) is 1.05. The van der Waals surface area contributed by atoms with Gasteiger partial charge in [-0.15, -0.1) is 0 Å². The van der Waals surface area contributed by atoms with Crippen molar-refractivity contribution in [1.29, 1.82) is 0 Å². The number of anilines is 1. The van der Waals surface area contributed by atoms with Gasteiger partial charge in [-0.25, -0.2) is 14.4 Å². The molecule has 0 aliphatic rings. The Morgan fingerprint density at radius 1 is 1.33 bits per heavy atom. The number of benzene rings is 1. The van der Waals surface area contributed by atoms with Crippen molar-refractivity contribution in [2.24, 2.45) is 0 Å². The molecule has 2 aromatic rings. The molecule has 5 heteroatoms. The number of nitrogens with one attached hydrogen (secondary N) is 1. The molecular formula is C13H13BrFN3. The highest BCUT2D eigenvalue weighted by Crippen LogP contribution is 2.27. The highest BCUT2D eigenvalue weighted by Gasteiger charge is 2.11. The molecule has 3 nitrogen and oxygen atoms in total. The summed E-state index contributed by atoms with van der Waals surface area (Å²) in [6.07, 6.45) is 0. The highest BCUT2D eigenvalue weighted by atomic mass is 79.9. The van der Waals surface area contributed by atoms with E-state index >= 15 is 0 Å². The van der Waals surface area contributed by atoms with E-state index in [9.17, 15) is 4.39 Å². The summed E-state index contributed by atoms with van der Waals surface area (Å²) in [5, 5.41) is 3.11. The van der Waals surface area contributed by atoms with Gasteiger partial charge in [0.15, 0.2) is 0 Å². The maximum absolute atomic E-state index is 14.0. The van der Waals surface area contributed by atoms with Crippen molar-refractivity contribution in [2.75, 3.05) is 11.9 Å². The molecule has 0 saturated heterocycles. The van der Waals surface area contributed by atoms with Gasteiger partial charge in [-0.05, 0) is 41.9 Å². The van der Waals surface area contributed by atoms with Gasteiger partial charge in [0.25, 0.3) is 0 Å². The molecule has 1 heterocycles. The number of halogens is 2. The zero-order valence-electron chi connectivity index (χ0n) is 10.2. The lowest BCUT2D eigenvalue weighted by Gasteiger charge is -2.08. The molecule has 18 heavy (non-hydrogen) atoms. The molecule has 0 atom stereocenters. The van der Waals surface area contributed by atoms with Crippen molar-refractivity contribution in [1.82, 2.24) is 9.97 Å². The van der Waals surface area contributed by atoms with Gasteiger partial charge >= 0.3 is 0 Å². The number of aryl methyl sites for hydroxylation is 1. The first-order chi connectivity index (χ1) is 8.61. The lowest BCUT2D eigenvalue weighted by molar-refractivity contribution is 0.624. The monoisotopic (exact) mass is 309 g/mol. The predicted octanol–water partition coefficient (Wildman–Crippen LogP) is 3.79. The second-order valence-corrected chi connectivity index (χ2v) is 4.67. The van der Waals surface area contributed by atoms with Gasteiger partial charge in [0.2, 0.25) is 0 Å². The molecule has 0 bridgehead atoms. The third-order valence-electron chi connectivity index (χ3n) is 2.42. The lowest BCUT2D eigenvalue weighted by Crippen LogP contribution is -2.03. The smallest absolute Gasteiger partial charge is 0.146 e. The molecule has 0 saturated carbocycles. The van der Waals surface area contributed by atoms with E-state index in [4.69, 9.17) is 0 Å². The van der Waals surface area contributed by atoms with Crippen LogP contribution in [-0.2, 0) is 0 Å². The number of rotatable bonds is 3. The van der Waals surface area contributed by atoms with Crippen LogP contribution in [0.2, 0.25) is 0 Å². The van der Waals surface area contributed by atoms with E-state index in [2.05, 4.69) is 31.2 Å². The predicted molar refractivity (Wildman–Crippen MR) is 74.0 cm³/mol. The fraction of sp³-hybridized carbons (Fsp3) is 0.231. The molecule has 1 aromatic carbocycles. The summed E-state index contributed by atoms with van der Waals surface area (Å²) in [5.74, 6) is 1.01. The van der Waals surface area contributed by atoms with Crippen molar-refractivity contribution < 1.29 is 4.39 Å². The van der Waals surface area contributed by atoms with Gasteiger partial charge in [-0.2, -0.15) is 0 Å². The van der Waals surface area contributed by atoms with Gasteiger partial charge in [0.05, 0.1) is 10.2 Å². The molecule has 1 N–H and O–H groups in total. The van der Waals surface area contributed by atoms with Crippen molar-refractivity contribution in [3.8, 4) is 11.3 Å². The minimum absolute atomic E-state index is 0.307. The van der Waals surface area contributed by atoms with Gasteiger partial charge in [-0.3, -0.25) is 0 Å². The average Bonchev–Trinajstić information content (AvgIpc) is 2.32. The molecule has 1 aromatic heterocycles. The molecule has 0 spiro atoms. The molecule has 0 radical (unpaired) electrons. The standard InChI is InChI=1S/C13H13BrFN3/c1-3-16-12-7-11(17-8(2)18-12)9-5-4-6-10(14)13(9)15/h4-7H,3H2,1-2H3,(H,16,17,18). The first kappa shape index (κ1) is 13.0. The summed E-state index contributed by atoms with van der Waals surface area (Å²) in [4.78, 5) is 8.52. The van der Waals surface area contributed by atoms with Crippen molar-refractivity contribution in [3.05, 3.63) is 40.4 Å². The highest BCUT2D eigenvalue weighted by molar-refractivity contribution is 9.10. The number of nitrogens with zero attached hydrogens (tertiary/aromatic N) is 2. The van der Waals surface area contributed by atoms with Crippen LogP contribution in [0, 0.1) is 12.7 Å². The van der Waals surface area contributed by atoms with Crippen molar-refractivity contribution >= 4 is 21.7 Å². The third-order valence-corrected chi connectivity index (χ3v) is 3.04. The normalized spacial score (nSPS) is 10.4. The second-order valence-electron chi connectivity index (χ2n) is 3.82. The average molecular weight is 310 g/mol. The second kappa shape index (κ2) is 5.44. The van der Waals surface area contributed by atoms with E-state index < -0.39 is 0 Å².